The molecule has 0 radical (unpaired) electrons. The van der Waals surface area contributed by atoms with Crippen LogP contribution in [0, 0.1) is 13.8 Å². The van der Waals surface area contributed by atoms with Crippen molar-refractivity contribution < 1.29 is 9.53 Å². The Balaban J connectivity index is 0.00000272. The van der Waals surface area contributed by atoms with Gasteiger partial charge in [0.1, 0.15) is 4.88 Å². The van der Waals surface area contributed by atoms with Crippen molar-refractivity contribution in [1.82, 2.24) is 9.88 Å². The van der Waals surface area contributed by atoms with E-state index in [1.807, 2.05) is 30.4 Å². The molecule has 5 nitrogen and oxygen atoms in total. The van der Waals surface area contributed by atoms with Gasteiger partial charge in [0.2, 0.25) is 0 Å². The van der Waals surface area contributed by atoms with Gasteiger partial charge in [0.25, 0.3) is 0 Å². The summed E-state index contributed by atoms with van der Waals surface area (Å²) in [5.74, 6) is -0.383. The largest absolute Gasteiger partial charge is 0.465 e. The van der Waals surface area contributed by atoms with Crippen molar-refractivity contribution in [2.45, 2.75) is 27.2 Å². The van der Waals surface area contributed by atoms with Gasteiger partial charge in [0.15, 0.2) is 0 Å². The lowest BCUT2D eigenvalue weighted by molar-refractivity contribution is 0.0607. The minimum atomic E-state index is -0.383. The molecule has 3 aromatic rings. The van der Waals surface area contributed by atoms with Crippen molar-refractivity contribution in [2.24, 2.45) is 4.99 Å². The van der Waals surface area contributed by atoms with E-state index in [1.54, 1.807) is 12.1 Å². The Morgan fingerprint density at radius 2 is 1.85 bits per heavy atom. The summed E-state index contributed by atoms with van der Waals surface area (Å²) in [5.41, 5.74) is 5.82. The number of hydrogen-bond donors (Lipinski definition) is 0. The minimum Gasteiger partial charge on any atom is -0.465 e. The zero-order valence-corrected chi connectivity index (χ0v) is 22.4. The first-order chi connectivity index (χ1) is 14.8. The maximum absolute atomic E-state index is 12.4. The van der Waals surface area contributed by atoms with Crippen molar-refractivity contribution in [2.75, 3.05) is 20.7 Å². The first kappa shape index (κ1) is 28.9. The number of aryl methyl sites for hydroxylation is 2. The molecule has 0 N–H and O–H groups in total. The molecule has 0 fully saturated rings. The number of rotatable bonds is 7. The van der Waals surface area contributed by atoms with Crippen molar-refractivity contribution >= 4 is 65.7 Å². The number of carbonyl (C=O) groups excluding carboxylic acids is 1. The monoisotopic (exact) mass is 527 g/mol. The fourth-order valence-corrected chi connectivity index (χ4v) is 4.22. The molecule has 0 atom stereocenters. The van der Waals surface area contributed by atoms with Gasteiger partial charge in [0.05, 0.1) is 29.8 Å². The van der Waals surface area contributed by atoms with E-state index in [4.69, 9.17) is 21.3 Å². The van der Waals surface area contributed by atoms with Crippen LogP contribution in [0.15, 0.2) is 41.4 Å². The van der Waals surface area contributed by atoms with Crippen LogP contribution in [0.1, 0.15) is 38.3 Å². The van der Waals surface area contributed by atoms with E-state index in [-0.39, 0.29) is 30.8 Å². The van der Waals surface area contributed by atoms with Crippen LogP contribution < -0.4 is 0 Å². The lowest BCUT2D eigenvalue weighted by Crippen LogP contribution is -2.14. The predicted octanol–water partition coefficient (Wildman–Crippen LogP) is 6.91. The Bertz CT molecular complexity index is 1110. The van der Waals surface area contributed by atoms with Crippen LogP contribution in [0.4, 0.5) is 5.69 Å². The average Bonchev–Trinajstić information content (AvgIpc) is 3.18. The zero-order chi connectivity index (χ0) is 22.5. The highest BCUT2D eigenvalue weighted by atomic mass is 35.5. The predicted molar refractivity (Wildman–Crippen MR) is 144 cm³/mol. The van der Waals surface area contributed by atoms with Crippen LogP contribution >= 0.6 is 47.8 Å². The molecule has 0 aliphatic rings. The highest BCUT2D eigenvalue weighted by Crippen LogP contribution is 2.32. The van der Waals surface area contributed by atoms with Crippen molar-refractivity contribution in [3.8, 4) is 11.3 Å². The number of aliphatic imine (C=N–C) groups is 1. The maximum atomic E-state index is 12.4. The van der Waals surface area contributed by atoms with E-state index < -0.39 is 0 Å². The van der Waals surface area contributed by atoms with Gasteiger partial charge in [-0.3, -0.25) is 0 Å². The van der Waals surface area contributed by atoms with Gasteiger partial charge in [-0.25, -0.2) is 14.8 Å². The van der Waals surface area contributed by atoms with Crippen molar-refractivity contribution in [1.29, 1.82) is 0 Å². The van der Waals surface area contributed by atoms with Crippen LogP contribution in [0.25, 0.3) is 11.3 Å². The second-order valence-corrected chi connectivity index (χ2v) is 8.86. The molecule has 0 unspecified atom stereocenters. The first-order valence-corrected chi connectivity index (χ1v) is 11.2. The molecule has 2 aromatic carbocycles. The fraction of sp³-hybridized carbons (Fsp3) is 0.292. The van der Waals surface area contributed by atoms with Crippen LogP contribution in [0.3, 0.4) is 0 Å². The quantitative estimate of drug-likeness (QED) is 0.190. The molecular weight excluding hydrogens is 501 g/mol. The van der Waals surface area contributed by atoms with E-state index in [1.165, 1.54) is 18.4 Å². The van der Waals surface area contributed by atoms with Crippen molar-refractivity contribution in [3.05, 3.63) is 68.0 Å². The Kier molecular flexibility index (Phi) is 11.3. The summed E-state index contributed by atoms with van der Waals surface area (Å²) >= 11 is 7.38. The zero-order valence-electron chi connectivity index (χ0n) is 19.2. The molecule has 1 heterocycles. The second kappa shape index (κ2) is 12.9. The highest BCUT2D eigenvalue weighted by Gasteiger charge is 2.20. The topological polar surface area (TPSA) is 54.8 Å². The second-order valence-electron chi connectivity index (χ2n) is 7.34. The summed E-state index contributed by atoms with van der Waals surface area (Å²) in [6.45, 7) is 7.12. The smallest absolute Gasteiger partial charge is 0.350 e. The van der Waals surface area contributed by atoms with Gasteiger partial charge in [-0.15, -0.1) is 36.2 Å². The van der Waals surface area contributed by atoms with E-state index >= 15 is 0 Å². The molecule has 9 heteroatoms. The lowest BCUT2D eigenvalue weighted by atomic mass is 10.0. The van der Waals surface area contributed by atoms with E-state index in [0.29, 0.717) is 22.0 Å². The molecule has 0 spiro atoms. The number of thiazole rings is 1. The molecule has 0 amide bonds. The molecule has 0 aliphatic heterocycles. The lowest BCUT2D eigenvalue weighted by Gasteiger charge is -2.11. The highest BCUT2D eigenvalue weighted by molar-refractivity contribution is 7.14. The third kappa shape index (κ3) is 7.18. The number of carbonyl (C=O) groups is 1. The summed E-state index contributed by atoms with van der Waals surface area (Å²) in [5, 5.41) is 1.49. The van der Waals surface area contributed by atoms with Crippen LogP contribution in [-0.2, 0) is 11.2 Å². The molecule has 1 aromatic heterocycles. The number of methoxy groups -OCH3 is 1. The van der Waals surface area contributed by atoms with Gasteiger partial charge in [-0.1, -0.05) is 29.8 Å². The summed E-state index contributed by atoms with van der Waals surface area (Å²) in [4.78, 5) is 24.3. The van der Waals surface area contributed by atoms with Crippen molar-refractivity contribution in [3.63, 3.8) is 0 Å². The Labute approximate surface area is 216 Å². The summed E-state index contributed by atoms with van der Waals surface area (Å²) in [6.07, 6.45) is 2.48. The molecule has 178 valence electrons. The summed E-state index contributed by atoms with van der Waals surface area (Å²) in [6, 6.07) is 11.6. The van der Waals surface area contributed by atoms with Gasteiger partial charge in [-0.05, 0) is 55.7 Å². The third-order valence-corrected chi connectivity index (χ3v) is 6.34. The molecule has 0 saturated carbocycles. The summed E-state index contributed by atoms with van der Waals surface area (Å²) < 4.78 is 4.99. The molecule has 0 bridgehead atoms. The number of hydrogen-bond acceptors (Lipinski definition) is 5. The van der Waals surface area contributed by atoms with E-state index in [2.05, 4.69) is 37.9 Å². The molecule has 0 aliphatic carbocycles. The van der Waals surface area contributed by atoms with Gasteiger partial charge < -0.3 is 9.64 Å². The van der Waals surface area contributed by atoms with Crippen LogP contribution in [-0.4, -0.2) is 42.9 Å². The molecule has 0 saturated heterocycles. The van der Waals surface area contributed by atoms with Gasteiger partial charge in [0, 0.05) is 30.6 Å². The first-order valence-electron chi connectivity index (χ1n) is 10.0. The Morgan fingerprint density at radius 1 is 1.18 bits per heavy atom. The van der Waals surface area contributed by atoms with Gasteiger partial charge in [-0.2, -0.15) is 0 Å². The number of ether oxygens (including phenoxy) is 1. The number of esters is 1. The number of aromatic nitrogens is 1. The molecule has 3 rings (SSSR count). The fourth-order valence-electron chi connectivity index (χ4n) is 3.07. The van der Waals surface area contributed by atoms with Gasteiger partial charge >= 0.3 is 5.97 Å². The normalized spacial score (nSPS) is 10.5. The standard InChI is InChI=1S/C24H26ClN3O2S.2ClH/c1-6-28(4)14-26-20-12-15(2)18(11-16(20)3)13-21-27-22(23(31-21)24(29)30-5)17-7-9-19(25)10-8-17;;/h7-12,14H,6,13H2,1-5H3;2*1H/b26-14+;;. The van der Waals surface area contributed by atoms with Crippen LogP contribution in [0.5, 0.6) is 0 Å². The molecule has 33 heavy (non-hydrogen) atoms. The van der Waals surface area contributed by atoms with Crippen LogP contribution in [0.2, 0.25) is 5.02 Å². The number of halogens is 3. The summed E-state index contributed by atoms with van der Waals surface area (Å²) in [7, 11) is 3.38. The maximum Gasteiger partial charge on any atom is 0.350 e. The Morgan fingerprint density at radius 3 is 2.45 bits per heavy atom. The van der Waals surface area contributed by atoms with E-state index in [0.717, 1.165) is 39.5 Å². The Hall–Kier alpha value is -2.12. The van der Waals surface area contributed by atoms with E-state index in [9.17, 15) is 4.79 Å². The third-order valence-electron chi connectivity index (χ3n) is 5.05. The number of nitrogens with zero attached hydrogens (tertiary/aromatic N) is 3. The molecular formula is C24H28Cl3N3O2S. The number of benzene rings is 2. The SMILES string of the molecule is CCN(C)/C=N/c1cc(C)c(Cc2nc(-c3ccc(Cl)cc3)c(C(=O)OC)s2)cc1C.Cl.Cl. The average molecular weight is 529 g/mol. The minimum absolute atomic E-state index is 0.